The molecule has 1 saturated heterocycles. The molecular weight excluding hydrogens is 326 g/mol. The van der Waals surface area contributed by atoms with Crippen molar-refractivity contribution in [1.29, 1.82) is 0 Å². The van der Waals surface area contributed by atoms with Gasteiger partial charge in [0.15, 0.2) is 11.3 Å². The molecule has 0 unspecified atom stereocenters. The standard InChI is InChI=1S/C20H23N5O/c1-12-7-13(2)18(17(26)8-12)16-10-22-19-20(24-16)23-15(9-21-19)14-5-4-6-25(3)11-14/h7-10,14,26H,4-6,11H2,1-3H3/t14-/m1/s1. The van der Waals surface area contributed by atoms with Crippen LogP contribution in [0.2, 0.25) is 0 Å². The van der Waals surface area contributed by atoms with Crippen LogP contribution in [0.4, 0.5) is 0 Å². The van der Waals surface area contributed by atoms with Gasteiger partial charge in [0.1, 0.15) is 5.75 Å². The summed E-state index contributed by atoms with van der Waals surface area (Å²) in [6.07, 6.45) is 5.77. The third kappa shape index (κ3) is 3.12. The van der Waals surface area contributed by atoms with Gasteiger partial charge in [-0.25, -0.2) is 19.9 Å². The van der Waals surface area contributed by atoms with Crippen LogP contribution >= 0.6 is 0 Å². The third-order valence-corrected chi connectivity index (χ3v) is 5.05. The summed E-state index contributed by atoms with van der Waals surface area (Å²) in [7, 11) is 2.14. The highest BCUT2D eigenvalue weighted by molar-refractivity contribution is 5.75. The van der Waals surface area contributed by atoms with Crippen LogP contribution in [0.25, 0.3) is 22.6 Å². The van der Waals surface area contributed by atoms with Gasteiger partial charge in [-0.1, -0.05) is 6.07 Å². The molecule has 0 bridgehead atoms. The zero-order chi connectivity index (χ0) is 18.3. The average molecular weight is 349 g/mol. The number of likely N-dealkylation sites (tertiary alicyclic amines) is 1. The number of phenols is 1. The maximum absolute atomic E-state index is 10.4. The fraction of sp³-hybridized carbons (Fsp3) is 0.400. The SMILES string of the molecule is Cc1cc(C)c(-c2cnc3ncc([C@@H]4CCCN(C)C4)nc3n2)c(O)c1. The smallest absolute Gasteiger partial charge is 0.198 e. The zero-order valence-electron chi connectivity index (χ0n) is 15.4. The lowest BCUT2D eigenvalue weighted by Crippen LogP contribution is -2.31. The Kier molecular flexibility index (Phi) is 4.28. The molecule has 1 aliphatic heterocycles. The normalized spacial score (nSPS) is 18.3. The number of piperidine rings is 1. The number of benzene rings is 1. The lowest BCUT2D eigenvalue weighted by molar-refractivity contribution is 0.248. The molecule has 1 atom stereocenters. The van der Waals surface area contributed by atoms with Gasteiger partial charge in [0, 0.05) is 18.0 Å². The third-order valence-electron chi connectivity index (χ3n) is 5.05. The van der Waals surface area contributed by atoms with E-state index >= 15 is 0 Å². The Balaban J connectivity index is 1.77. The molecule has 0 amide bonds. The van der Waals surface area contributed by atoms with Gasteiger partial charge in [-0.15, -0.1) is 0 Å². The van der Waals surface area contributed by atoms with Crippen molar-refractivity contribution in [3.63, 3.8) is 0 Å². The Bertz CT molecular complexity index is 949. The monoisotopic (exact) mass is 349 g/mol. The summed E-state index contributed by atoms with van der Waals surface area (Å²) in [5.74, 6) is 0.597. The number of hydrogen-bond acceptors (Lipinski definition) is 6. The largest absolute Gasteiger partial charge is 0.507 e. The second-order valence-corrected chi connectivity index (χ2v) is 7.27. The van der Waals surface area contributed by atoms with Crippen LogP contribution in [0.15, 0.2) is 24.5 Å². The minimum atomic E-state index is 0.217. The molecule has 6 heteroatoms. The van der Waals surface area contributed by atoms with Crippen LogP contribution < -0.4 is 0 Å². The van der Waals surface area contributed by atoms with Gasteiger partial charge in [0.05, 0.1) is 23.8 Å². The highest BCUT2D eigenvalue weighted by Crippen LogP contribution is 2.32. The van der Waals surface area contributed by atoms with Gasteiger partial charge in [-0.05, 0) is 57.5 Å². The molecule has 0 aliphatic carbocycles. The molecule has 1 N–H and O–H groups in total. The number of aryl methyl sites for hydroxylation is 2. The van der Waals surface area contributed by atoms with Crippen molar-refractivity contribution in [2.75, 3.05) is 20.1 Å². The van der Waals surface area contributed by atoms with Crippen LogP contribution in [0.3, 0.4) is 0 Å². The zero-order valence-corrected chi connectivity index (χ0v) is 15.4. The van der Waals surface area contributed by atoms with E-state index in [0.717, 1.165) is 36.3 Å². The van der Waals surface area contributed by atoms with E-state index in [0.29, 0.717) is 28.5 Å². The van der Waals surface area contributed by atoms with Crippen molar-refractivity contribution in [2.45, 2.75) is 32.6 Å². The molecule has 6 nitrogen and oxygen atoms in total. The first-order valence-electron chi connectivity index (χ1n) is 9.00. The molecule has 1 aliphatic rings. The van der Waals surface area contributed by atoms with Gasteiger partial charge in [-0.2, -0.15) is 0 Å². The van der Waals surface area contributed by atoms with Crippen molar-refractivity contribution in [3.8, 4) is 17.0 Å². The highest BCUT2D eigenvalue weighted by Gasteiger charge is 2.21. The van der Waals surface area contributed by atoms with Gasteiger partial charge >= 0.3 is 0 Å². The first-order chi connectivity index (χ1) is 12.5. The molecule has 3 aromatic rings. The van der Waals surface area contributed by atoms with Crippen molar-refractivity contribution in [3.05, 3.63) is 41.3 Å². The summed E-state index contributed by atoms with van der Waals surface area (Å²) in [6, 6.07) is 3.77. The van der Waals surface area contributed by atoms with E-state index < -0.39 is 0 Å². The molecule has 0 radical (unpaired) electrons. The molecule has 26 heavy (non-hydrogen) atoms. The molecule has 2 aromatic heterocycles. The second-order valence-electron chi connectivity index (χ2n) is 7.27. The molecule has 0 saturated carbocycles. The minimum absolute atomic E-state index is 0.217. The Morgan fingerprint density at radius 3 is 2.65 bits per heavy atom. The number of nitrogens with zero attached hydrogens (tertiary/aromatic N) is 5. The first kappa shape index (κ1) is 16.8. The molecule has 1 aromatic carbocycles. The average Bonchev–Trinajstić information content (AvgIpc) is 2.60. The van der Waals surface area contributed by atoms with E-state index in [1.54, 1.807) is 12.3 Å². The second kappa shape index (κ2) is 6.61. The molecular formula is C20H23N5O. The predicted molar refractivity (Wildman–Crippen MR) is 101 cm³/mol. The van der Waals surface area contributed by atoms with E-state index in [-0.39, 0.29) is 5.75 Å². The number of phenolic OH excluding ortho intramolecular Hbond substituents is 1. The summed E-state index contributed by atoms with van der Waals surface area (Å²) in [5, 5.41) is 10.4. The maximum Gasteiger partial charge on any atom is 0.198 e. The summed E-state index contributed by atoms with van der Waals surface area (Å²) in [6.45, 7) is 6.05. The van der Waals surface area contributed by atoms with Crippen LogP contribution in [-0.2, 0) is 0 Å². The van der Waals surface area contributed by atoms with Gasteiger partial charge in [0.25, 0.3) is 0 Å². The van der Waals surface area contributed by atoms with E-state index in [2.05, 4.69) is 26.9 Å². The minimum Gasteiger partial charge on any atom is -0.507 e. The lowest BCUT2D eigenvalue weighted by Gasteiger charge is -2.29. The summed E-state index contributed by atoms with van der Waals surface area (Å²) in [5.41, 5.74) is 5.35. The Hall–Kier alpha value is -2.60. The molecule has 3 heterocycles. The molecule has 134 valence electrons. The highest BCUT2D eigenvalue weighted by atomic mass is 16.3. The topological polar surface area (TPSA) is 75.0 Å². The summed E-state index contributed by atoms with van der Waals surface area (Å²) in [4.78, 5) is 20.6. The van der Waals surface area contributed by atoms with E-state index in [1.807, 2.05) is 26.1 Å². The van der Waals surface area contributed by atoms with E-state index in [4.69, 9.17) is 4.98 Å². The number of likely N-dealkylation sites (N-methyl/N-ethyl adjacent to an activating group) is 1. The van der Waals surface area contributed by atoms with Crippen LogP contribution in [0, 0.1) is 13.8 Å². The Morgan fingerprint density at radius 1 is 1.08 bits per heavy atom. The first-order valence-corrected chi connectivity index (χ1v) is 9.00. The molecule has 1 fully saturated rings. The number of aromatic nitrogens is 4. The van der Waals surface area contributed by atoms with E-state index in [9.17, 15) is 5.11 Å². The Labute approximate surface area is 153 Å². The van der Waals surface area contributed by atoms with Crippen molar-refractivity contribution < 1.29 is 5.11 Å². The van der Waals surface area contributed by atoms with Crippen LogP contribution in [0.5, 0.6) is 5.75 Å². The van der Waals surface area contributed by atoms with Crippen LogP contribution in [0.1, 0.15) is 35.6 Å². The van der Waals surface area contributed by atoms with Gasteiger partial charge in [0.2, 0.25) is 0 Å². The number of rotatable bonds is 2. The maximum atomic E-state index is 10.4. The van der Waals surface area contributed by atoms with E-state index in [1.165, 1.54) is 6.42 Å². The fourth-order valence-electron chi connectivity index (χ4n) is 3.82. The van der Waals surface area contributed by atoms with Crippen molar-refractivity contribution >= 4 is 11.3 Å². The molecule has 4 rings (SSSR count). The van der Waals surface area contributed by atoms with Gasteiger partial charge < -0.3 is 10.0 Å². The number of fused-ring (bicyclic) bond motifs is 1. The van der Waals surface area contributed by atoms with Crippen molar-refractivity contribution in [2.24, 2.45) is 0 Å². The Morgan fingerprint density at radius 2 is 1.88 bits per heavy atom. The predicted octanol–water partition coefficient (Wildman–Crippen LogP) is 3.22. The fourth-order valence-corrected chi connectivity index (χ4v) is 3.82. The number of hydrogen-bond donors (Lipinski definition) is 1. The summed E-state index contributed by atoms with van der Waals surface area (Å²) >= 11 is 0. The van der Waals surface area contributed by atoms with Gasteiger partial charge in [-0.3, -0.25) is 0 Å². The molecule has 0 spiro atoms. The van der Waals surface area contributed by atoms with Crippen molar-refractivity contribution in [1.82, 2.24) is 24.8 Å². The quantitative estimate of drug-likeness (QED) is 0.766. The lowest BCUT2D eigenvalue weighted by atomic mass is 9.95. The summed E-state index contributed by atoms with van der Waals surface area (Å²) < 4.78 is 0. The number of aromatic hydroxyl groups is 1. The van der Waals surface area contributed by atoms with Crippen LogP contribution in [-0.4, -0.2) is 50.1 Å².